The number of pyridine rings is 1. The van der Waals surface area contributed by atoms with E-state index in [9.17, 15) is 22.4 Å². The molecule has 0 saturated carbocycles. The highest BCUT2D eigenvalue weighted by atomic mass is 32.2. The minimum absolute atomic E-state index is 0.195. The lowest BCUT2D eigenvalue weighted by atomic mass is 10.2. The van der Waals surface area contributed by atoms with Gasteiger partial charge in [0, 0.05) is 18.7 Å². The van der Waals surface area contributed by atoms with Gasteiger partial charge in [-0.3, -0.25) is 4.79 Å². The molecule has 110 valence electrons. The van der Waals surface area contributed by atoms with E-state index in [1.165, 1.54) is 16.9 Å². The van der Waals surface area contributed by atoms with Crippen LogP contribution in [0.15, 0.2) is 23.4 Å². The molecule has 8 nitrogen and oxygen atoms in total. The van der Waals surface area contributed by atoms with Gasteiger partial charge in [0.2, 0.25) is 0 Å². The SMILES string of the molecule is CC(=O)OC(CF)c1cccnc1S(=O)(=O)NC(N)=O. The van der Waals surface area contributed by atoms with Crippen molar-refractivity contribution < 1.29 is 27.1 Å². The average molecular weight is 305 g/mol. The van der Waals surface area contributed by atoms with Gasteiger partial charge in [-0.1, -0.05) is 6.07 Å². The molecule has 0 aliphatic rings. The van der Waals surface area contributed by atoms with Gasteiger partial charge >= 0.3 is 12.0 Å². The molecular weight excluding hydrogens is 293 g/mol. The van der Waals surface area contributed by atoms with Crippen LogP contribution in [0.4, 0.5) is 9.18 Å². The van der Waals surface area contributed by atoms with Crippen molar-refractivity contribution >= 4 is 22.0 Å². The number of nitrogens with two attached hydrogens (primary N) is 1. The van der Waals surface area contributed by atoms with Gasteiger partial charge in [0.25, 0.3) is 10.0 Å². The number of carbonyl (C=O) groups excluding carboxylic acids is 2. The third-order valence-corrected chi connectivity index (χ3v) is 3.41. The highest BCUT2D eigenvalue weighted by Crippen LogP contribution is 2.24. The molecule has 2 amide bonds. The number of nitrogens with zero attached hydrogens (tertiary/aromatic N) is 1. The summed E-state index contributed by atoms with van der Waals surface area (Å²) in [6.45, 7) is -0.0980. The lowest BCUT2D eigenvalue weighted by Crippen LogP contribution is -2.36. The minimum Gasteiger partial charge on any atom is -0.455 e. The Morgan fingerprint density at radius 3 is 2.70 bits per heavy atom. The van der Waals surface area contributed by atoms with Crippen molar-refractivity contribution in [2.75, 3.05) is 6.67 Å². The third kappa shape index (κ3) is 3.88. The van der Waals surface area contributed by atoms with Crippen molar-refractivity contribution in [2.45, 2.75) is 18.1 Å². The zero-order valence-electron chi connectivity index (χ0n) is 10.4. The van der Waals surface area contributed by atoms with E-state index < -0.39 is 39.8 Å². The Kier molecular flexibility index (Phi) is 4.97. The first-order chi connectivity index (χ1) is 9.27. The summed E-state index contributed by atoms with van der Waals surface area (Å²) in [5, 5.41) is -0.636. The van der Waals surface area contributed by atoms with Gasteiger partial charge in [-0.05, 0) is 6.07 Å². The molecule has 1 unspecified atom stereocenters. The van der Waals surface area contributed by atoms with Crippen LogP contribution in [0.2, 0.25) is 0 Å². The molecule has 0 saturated heterocycles. The van der Waals surface area contributed by atoms with Gasteiger partial charge in [-0.15, -0.1) is 0 Å². The lowest BCUT2D eigenvalue weighted by Gasteiger charge is -2.16. The maximum Gasteiger partial charge on any atom is 0.326 e. The van der Waals surface area contributed by atoms with Crippen molar-refractivity contribution in [3.63, 3.8) is 0 Å². The number of urea groups is 1. The van der Waals surface area contributed by atoms with Crippen LogP contribution in [0.1, 0.15) is 18.6 Å². The number of nitrogens with one attached hydrogen (secondary N) is 1. The van der Waals surface area contributed by atoms with Gasteiger partial charge in [-0.25, -0.2) is 18.9 Å². The molecule has 0 aliphatic heterocycles. The molecule has 1 aromatic rings. The quantitative estimate of drug-likeness (QED) is 0.737. The van der Waals surface area contributed by atoms with E-state index in [-0.39, 0.29) is 5.56 Å². The molecule has 0 aromatic carbocycles. The van der Waals surface area contributed by atoms with Gasteiger partial charge in [0.15, 0.2) is 11.1 Å². The Morgan fingerprint density at radius 2 is 2.20 bits per heavy atom. The Balaban J connectivity index is 3.29. The fraction of sp³-hybridized carbons (Fsp3) is 0.300. The largest absolute Gasteiger partial charge is 0.455 e. The number of halogens is 1. The topological polar surface area (TPSA) is 128 Å². The number of ether oxygens (including phenoxy) is 1. The summed E-state index contributed by atoms with van der Waals surface area (Å²) in [6.07, 6.45) is -0.317. The number of sulfonamides is 1. The lowest BCUT2D eigenvalue weighted by molar-refractivity contribution is -0.147. The molecule has 0 fully saturated rings. The summed E-state index contributed by atoms with van der Waals surface area (Å²) in [7, 11) is -4.37. The molecule has 3 N–H and O–H groups in total. The predicted octanol–water partition coefficient (Wildman–Crippen LogP) is 0.0123. The molecule has 1 aromatic heterocycles. The van der Waals surface area contributed by atoms with E-state index in [2.05, 4.69) is 9.72 Å². The van der Waals surface area contributed by atoms with Gasteiger partial charge in [-0.2, -0.15) is 8.42 Å². The van der Waals surface area contributed by atoms with Crippen LogP contribution < -0.4 is 10.5 Å². The average Bonchev–Trinajstić information content (AvgIpc) is 2.34. The van der Waals surface area contributed by atoms with Crippen molar-refractivity contribution in [1.82, 2.24) is 9.71 Å². The summed E-state index contributed by atoms with van der Waals surface area (Å²) in [5.74, 6) is -0.789. The van der Waals surface area contributed by atoms with E-state index >= 15 is 0 Å². The van der Waals surface area contributed by atoms with Crippen molar-refractivity contribution in [1.29, 1.82) is 0 Å². The van der Waals surface area contributed by atoms with Crippen LogP contribution in [0.3, 0.4) is 0 Å². The summed E-state index contributed by atoms with van der Waals surface area (Å²) in [4.78, 5) is 25.1. The summed E-state index contributed by atoms with van der Waals surface area (Å²) in [6, 6.07) is 1.24. The molecule has 1 heterocycles. The van der Waals surface area contributed by atoms with E-state index in [0.29, 0.717) is 0 Å². The fourth-order valence-corrected chi connectivity index (χ4v) is 2.50. The first-order valence-corrected chi connectivity index (χ1v) is 6.76. The normalized spacial score (nSPS) is 12.5. The summed E-state index contributed by atoms with van der Waals surface area (Å²) < 4.78 is 42.7. The van der Waals surface area contributed by atoms with Crippen LogP contribution in [0.5, 0.6) is 0 Å². The van der Waals surface area contributed by atoms with E-state index in [1.54, 1.807) is 0 Å². The smallest absolute Gasteiger partial charge is 0.326 e. The van der Waals surface area contributed by atoms with Crippen LogP contribution in [0, 0.1) is 0 Å². The third-order valence-electron chi connectivity index (χ3n) is 2.09. The van der Waals surface area contributed by atoms with Crippen molar-refractivity contribution in [3.8, 4) is 0 Å². The second-order valence-corrected chi connectivity index (χ2v) is 5.22. The Labute approximate surface area is 114 Å². The number of hydrogen-bond acceptors (Lipinski definition) is 6. The van der Waals surface area contributed by atoms with Crippen LogP contribution in [0.25, 0.3) is 0 Å². The molecule has 10 heteroatoms. The monoisotopic (exact) mass is 305 g/mol. The maximum atomic E-state index is 12.9. The minimum atomic E-state index is -4.37. The molecule has 0 spiro atoms. The second kappa shape index (κ2) is 6.28. The highest BCUT2D eigenvalue weighted by molar-refractivity contribution is 7.90. The molecule has 0 aliphatic carbocycles. The van der Waals surface area contributed by atoms with E-state index in [4.69, 9.17) is 5.73 Å². The van der Waals surface area contributed by atoms with Gasteiger partial charge < -0.3 is 10.5 Å². The number of esters is 1. The predicted molar refractivity (Wildman–Crippen MR) is 64.6 cm³/mol. The number of alkyl halides is 1. The van der Waals surface area contributed by atoms with Gasteiger partial charge in [0.05, 0.1) is 0 Å². The number of rotatable bonds is 5. The zero-order chi connectivity index (χ0) is 15.3. The number of carbonyl (C=O) groups is 2. The zero-order valence-corrected chi connectivity index (χ0v) is 11.2. The second-order valence-electron chi connectivity index (χ2n) is 3.62. The standard InChI is InChI=1S/C10H12FN3O5S/c1-6(15)19-8(5-11)7-3-2-4-13-9(7)20(17,18)14-10(12)16/h2-4,8H,5H2,1H3,(H3,12,14,16). The van der Waals surface area contributed by atoms with Crippen LogP contribution in [-0.4, -0.2) is 32.1 Å². The van der Waals surface area contributed by atoms with Crippen molar-refractivity contribution in [2.24, 2.45) is 5.73 Å². The number of aromatic nitrogens is 1. The molecule has 0 bridgehead atoms. The highest BCUT2D eigenvalue weighted by Gasteiger charge is 2.27. The van der Waals surface area contributed by atoms with E-state index in [0.717, 1.165) is 13.1 Å². The summed E-state index contributed by atoms with van der Waals surface area (Å²) >= 11 is 0. The number of hydrogen-bond donors (Lipinski definition) is 2. The molecule has 1 rings (SSSR count). The first kappa shape index (κ1) is 15.8. The Hall–Kier alpha value is -2.23. The molecule has 1 atom stereocenters. The van der Waals surface area contributed by atoms with Crippen LogP contribution >= 0.6 is 0 Å². The Morgan fingerprint density at radius 1 is 1.55 bits per heavy atom. The van der Waals surface area contributed by atoms with Crippen LogP contribution in [-0.2, 0) is 19.6 Å². The summed E-state index contributed by atoms with van der Waals surface area (Å²) in [5.41, 5.74) is 4.54. The first-order valence-electron chi connectivity index (χ1n) is 5.28. The Bertz CT molecular complexity index is 619. The molecule has 20 heavy (non-hydrogen) atoms. The van der Waals surface area contributed by atoms with Crippen molar-refractivity contribution in [3.05, 3.63) is 23.9 Å². The fourth-order valence-electron chi connectivity index (χ4n) is 1.43. The van der Waals surface area contributed by atoms with Gasteiger partial charge in [0.1, 0.15) is 6.67 Å². The molecule has 0 radical (unpaired) electrons. The maximum absolute atomic E-state index is 12.9. The molecular formula is C10H12FN3O5S. The van der Waals surface area contributed by atoms with E-state index in [1.807, 2.05) is 0 Å². The number of amides is 2. The number of primary amides is 1.